The molecule has 0 aliphatic heterocycles. The molecule has 0 radical (unpaired) electrons. The minimum atomic E-state index is 1.02. The maximum absolute atomic E-state index is 4.49. The van der Waals surface area contributed by atoms with Crippen LogP contribution in [0.5, 0.6) is 0 Å². The summed E-state index contributed by atoms with van der Waals surface area (Å²) in [7, 11) is 0. The molecule has 0 unspecified atom stereocenters. The van der Waals surface area contributed by atoms with Crippen LogP contribution in [0.1, 0.15) is 51.6 Å². The second kappa shape index (κ2) is 10.5. The minimum Gasteiger partial charge on any atom is -0.256 e. The van der Waals surface area contributed by atoms with Crippen molar-refractivity contribution in [2.45, 2.75) is 46.0 Å². The average Bonchev–Trinajstić information content (AvgIpc) is 2.63. The Morgan fingerprint density at radius 3 is 2.88 bits per heavy atom. The number of hydrogen-bond acceptors (Lipinski definition) is 1. The monoisotopic (exact) mass is 331 g/mol. The number of hydrogen-bond donors (Lipinski definition) is 0. The second-order valence-electron chi connectivity index (χ2n) is 6.36. The molecule has 1 aromatic heterocycles. The highest BCUT2D eigenvalue weighted by Crippen LogP contribution is 2.28. The molecular weight excluding hydrogens is 302 g/mol. The molecule has 1 heterocycles. The summed E-state index contributed by atoms with van der Waals surface area (Å²) in [4.78, 5) is 4.49. The first-order valence-corrected chi connectivity index (χ1v) is 9.24. The van der Waals surface area contributed by atoms with Gasteiger partial charge in [0, 0.05) is 6.20 Å². The molecule has 0 spiro atoms. The molecule has 0 fully saturated rings. The van der Waals surface area contributed by atoms with Crippen LogP contribution in [0.25, 0.3) is 5.57 Å². The van der Waals surface area contributed by atoms with Gasteiger partial charge in [0.05, 0.1) is 5.69 Å². The maximum atomic E-state index is 4.49. The zero-order valence-electron chi connectivity index (χ0n) is 15.5. The third-order valence-electron chi connectivity index (χ3n) is 4.46. The molecule has 0 amide bonds. The zero-order chi connectivity index (χ0) is 17.9. The lowest BCUT2D eigenvalue weighted by atomic mass is 9.92. The fourth-order valence-electron chi connectivity index (χ4n) is 2.91. The summed E-state index contributed by atoms with van der Waals surface area (Å²) < 4.78 is 0. The van der Waals surface area contributed by atoms with Crippen molar-refractivity contribution in [1.29, 1.82) is 0 Å². The van der Waals surface area contributed by atoms with E-state index in [1.54, 1.807) is 0 Å². The van der Waals surface area contributed by atoms with Gasteiger partial charge in [-0.05, 0) is 55.0 Å². The SMILES string of the molecule is C=CC(=C\C=C/CCCC)/C1=C/C=C\C(c2ccccn2)=C(/C)CC1. The number of nitrogens with zero attached hydrogens (tertiary/aromatic N) is 1. The van der Waals surface area contributed by atoms with Crippen molar-refractivity contribution in [3.8, 4) is 0 Å². The lowest BCUT2D eigenvalue weighted by Crippen LogP contribution is -1.95. The molecule has 1 aliphatic carbocycles. The van der Waals surface area contributed by atoms with E-state index in [0.717, 1.165) is 25.0 Å². The predicted octanol–water partition coefficient (Wildman–Crippen LogP) is 6.99. The van der Waals surface area contributed by atoms with Gasteiger partial charge in [-0.2, -0.15) is 0 Å². The van der Waals surface area contributed by atoms with Crippen molar-refractivity contribution >= 4 is 5.57 Å². The van der Waals surface area contributed by atoms with Gasteiger partial charge in [0.15, 0.2) is 0 Å². The Morgan fingerprint density at radius 1 is 1.28 bits per heavy atom. The molecule has 130 valence electrons. The maximum Gasteiger partial charge on any atom is 0.0701 e. The summed E-state index contributed by atoms with van der Waals surface area (Å²) in [6.07, 6.45) is 22.6. The Bertz CT molecular complexity index is 712. The zero-order valence-corrected chi connectivity index (χ0v) is 15.5. The number of pyridine rings is 1. The number of rotatable bonds is 7. The minimum absolute atomic E-state index is 1.02. The second-order valence-corrected chi connectivity index (χ2v) is 6.36. The molecule has 1 heteroatoms. The van der Waals surface area contributed by atoms with Gasteiger partial charge in [-0.25, -0.2) is 0 Å². The van der Waals surface area contributed by atoms with Gasteiger partial charge in [-0.3, -0.25) is 4.98 Å². The van der Waals surface area contributed by atoms with Gasteiger partial charge in [0.25, 0.3) is 0 Å². The number of unbranched alkanes of at least 4 members (excludes halogenated alkanes) is 2. The summed E-state index contributed by atoms with van der Waals surface area (Å²) in [5, 5.41) is 0. The topological polar surface area (TPSA) is 12.9 Å². The standard InChI is InChI=1S/C24H29N/c1-4-6-7-8-9-13-21(5-2)22-14-12-15-23(20(3)17-18-22)24-16-10-11-19-25-24/h5,8-16,19H,2,4,6-7,17-18H2,1,3H3/b9-8-,15-12-,21-13+,22-14+,23-20-. The summed E-state index contributed by atoms with van der Waals surface area (Å²) in [5.41, 5.74) is 6.21. The largest absolute Gasteiger partial charge is 0.256 e. The van der Waals surface area contributed by atoms with Crippen LogP contribution in [0.15, 0.2) is 90.2 Å². The first-order valence-electron chi connectivity index (χ1n) is 9.24. The molecule has 0 bridgehead atoms. The van der Waals surface area contributed by atoms with Crippen LogP contribution in [-0.2, 0) is 0 Å². The number of allylic oxidation sites excluding steroid dienone is 11. The smallest absolute Gasteiger partial charge is 0.0701 e. The third-order valence-corrected chi connectivity index (χ3v) is 4.46. The molecule has 0 saturated carbocycles. The van der Waals surface area contributed by atoms with Crippen molar-refractivity contribution in [2.75, 3.05) is 0 Å². The van der Waals surface area contributed by atoms with E-state index in [0.29, 0.717) is 0 Å². The Morgan fingerprint density at radius 2 is 2.16 bits per heavy atom. The van der Waals surface area contributed by atoms with Crippen LogP contribution in [0.4, 0.5) is 0 Å². The van der Waals surface area contributed by atoms with Crippen molar-refractivity contribution < 1.29 is 0 Å². The highest BCUT2D eigenvalue weighted by molar-refractivity contribution is 5.75. The van der Waals surface area contributed by atoms with Crippen LogP contribution in [0, 0.1) is 0 Å². The fraction of sp³-hybridized carbons (Fsp3) is 0.292. The van der Waals surface area contributed by atoms with Crippen LogP contribution in [0.3, 0.4) is 0 Å². The van der Waals surface area contributed by atoms with E-state index in [1.807, 2.05) is 24.4 Å². The Labute approximate surface area is 152 Å². The number of aromatic nitrogens is 1. The Balaban J connectivity index is 2.17. The molecule has 1 aliphatic rings. The molecule has 0 saturated heterocycles. The molecule has 25 heavy (non-hydrogen) atoms. The van der Waals surface area contributed by atoms with E-state index in [1.165, 1.54) is 35.1 Å². The lowest BCUT2D eigenvalue weighted by molar-refractivity contribution is 0.815. The van der Waals surface area contributed by atoms with E-state index in [2.05, 4.69) is 67.9 Å². The summed E-state index contributed by atoms with van der Waals surface area (Å²) in [6.45, 7) is 8.43. The van der Waals surface area contributed by atoms with Crippen molar-refractivity contribution in [3.63, 3.8) is 0 Å². The summed E-state index contributed by atoms with van der Waals surface area (Å²) in [5.74, 6) is 0. The van der Waals surface area contributed by atoms with Crippen molar-refractivity contribution in [2.24, 2.45) is 0 Å². The Hall–Kier alpha value is -2.41. The highest BCUT2D eigenvalue weighted by Gasteiger charge is 2.09. The average molecular weight is 332 g/mol. The molecule has 0 aromatic carbocycles. The third kappa shape index (κ3) is 5.86. The molecule has 1 nitrogen and oxygen atoms in total. The summed E-state index contributed by atoms with van der Waals surface area (Å²) in [6, 6.07) is 6.07. The predicted molar refractivity (Wildman–Crippen MR) is 110 cm³/mol. The van der Waals surface area contributed by atoms with Crippen LogP contribution >= 0.6 is 0 Å². The van der Waals surface area contributed by atoms with E-state index >= 15 is 0 Å². The fourth-order valence-corrected chi connectivity index (χ4v) is 2.91. The lowest BCUT2D eigenvalue weighted by Gasteiger charge is -2.14. The first-order chi connectivity index (χ1) is 12.3. The van der Waals surface area contributed by atoms with E-state index < -0.39 is 0 Å². The van der Waals surface area contributed by atoms with Gasteiger partial charge in [-0.15, -0.1) is 0 Å². The van der Waals surface area contributed by atoms with Crippen molar-refractivity contribution in [3.05, 3.63) is 95.9 Å². The van der Waals surface area contributed by atoms with Gasteiger partial charge in [0.2, 0.25) is 0 Å². The van der Waals surface area contributed by atoms with E-state index in [9.17, 15) is 0 Å². The van der Waals surface area contributed by atoms with Gasteiger partial charge >= 0.3 is 0 Å². The Kier molecular flexibility index (Phi) is 7.91. The molecule has 2 rings (SSSR count). The summed E-state index contributed by atoms with van der Waals surface area (Å²) >= 11 is 0. The van der Waals surface area contributed by atoms with Crippen LogP contribution in [-0.4, -0.2) is 4.98 Å². The quantitative estimate of drug-likeness (QED) is 0.387. The van der Waals surface area contributed by atoms with Crippen LogP contribution in [0.2, 0.25) is 0 Å². The molecule has 0 N–H and O–H groups in total. The van der Waals surface area contributed by atoms with E-state index in [4.69, 9.17) is 0 Å². The van der Waals surface area contributed by atoms with Crippen LogP contribution < -0.4 is 0 Å². The van der Waals surface area contributed by atoms with Crippen molar-refractivity contribution in [1.82, 2.24) is 4.98 Å². The normalized spacial score (nSPS) is 22.2. The molecule has 1 aromatic rings. The first kappa shape index (κ1) is 18.9. The highest BCUT2D eigenvalue weighted by atomic mass is 14.7. The molecular formula is C24H29N. The molecule has 0 atom stereocenters. The van der Waals surface area contributed by atoms with Gasteiger partial charge in [-0.1, -0.05) is 80.5 Å². The van der Waals surface area contributed by atoms with Gasteiger partial charge in [0.1, 0.15) is 0 Å². The van der Waals surface area contributed by atoms with Gasteiger partial charge < -0.3 is 0 Å². The van der Waals surface area contributed by atoms with E-state index in [-0.39, 0.29) is 0 Å².